The predicted octanol–water partition coefficient (Wildman–Crippen LogP) is 1.46. The van der Waals surface area contributed by atoms with Crippen LogP contribution in [-0.4, -0.2) is 33.7 Å². The number of sulfonamides is 1. The van der Waals surface area contributed by atoms with Crippen LogP contribution < -0.4 is 10.0 Å². The first-order valence-electron chi connectivity index (χ1n) is 6.93. The van der Waals surface area contributed by atoms with Gasteiger partial charge in [-0.05, 0) is 37.1 Å². The van der Waals surface area contributed by atoms with E-state index in [-0.39, 0.29) is 12.1 Å². The molecule has 0 aromatic carbocycles. The van der Waals surface area contributed by atoms with Crippen molar-refractivity contribution in [3.8, 4) is 0 Å². The first-order valence-corrected chi connectivity index (χ1v) is 9.29. The largest absolute Gasteiger partial charge is 0.381 e. The Morgan fingerprint density at radius 1 is 1.35 bits per heavy atom. The van der Waals surface area contributed by atoms with Gasteiger partial charge in [-0.1, -0.05) is 0 Å². The number of methoxy groups -OCH3 is 1. The number of hydrogen-bond acceptors (Lipinski definition) is 5. The first-order chi connectivity index (χ1) is 9.58. The molecule has 2 aliphatic rings. The molecule has 0 atom stereocenters. The summed E-state index contributed by atoms with van der Waals surface area (Å²) in [7, 11) is -1.74. The minimum Gasteiger partial charge on any atom is -0.381 e. The van der Waals surface area contributed by atoms with Crippen molar-refractivity contribution >= 4 is 21.4 Å². The average molecular weight is 316 g/mol. The van der Waals surface area contributed by atoms with Crippen LogP contribution in [0.3, 0.4) is 0 Å². The maximum atomic E-state index is 12.4. The molecule has 1 aromatic heterocycles. The van der Waals surface area contributed by atoms with Crippen LogP contribution in [0.4, 0.5) is 0 Å². The van der Waals surface area contributed by atoms with Gasteiger partial charge in [-0.25, -0.2) is 13.1 Å². The molecule has 0 amide bonds. The molecule has 112 valence electrons. The summed E-state index contributed by atoms with van der Waals surface area (Å²) >= 11 is 1.50. The minimum absolute atomic E-state index is 0.00842. The molecule has 0 spiro atoms. The maximum absolute atomic E-state index is 12.4. The molecule has 0 aliphatic heterocycles. The third-order valence-electron chi connectivity index (χ3n) is 3.87. The second-order valence-electron chi connectivity index (χ2n) is 5.51. The molecule has 0 saturated heterocycles. The van der Waals surface area contributed by atoms with E-state index in [0.717, 1.165) is 17.7 Å². The van der Waals surface area contributed by atoms with Gasteiger partial charge in [0.1, 0.15) is 0 Å². The van der Waals surface area contributed by atoms with Crippen LogP contribution in [-0.2, 0) is 21.3 Å². The Morgan fingerprint density at radius 2 is 2.10 bits per heavy atom. The molecule has 2 fully saturated rings. The zero-order chi connectivity index (χ0) is 14.2. The minimum atomic E-state index is -3.40. The molecule has 0 bridgehead atoms. The van der Waals surface area contributed by atoms with Crippen molar-refractivity contribution in [3.05, 3.63) is 16.3 Å². The van der Waals surface area contributed by atoms with E-state index in [9.17, 15) is 8.42 Å². The number of nitrogens with one attached hydrogen (secondary N) is 2. The van der Waals surface area contributed by atoms with E-state index in [1.807, 2.05) is 5.38 Å². The van der Waals surface area contributed by atoms with Gasteiger partial charge in [-0.15, -0.1) is 11.3 Å². The first kappa shape index (κ1) is 14.5. The highest BCUT2D eigenvalue weighted by atomic mass is 32.2. The number of hydrogen-bond donors (Lipinski definition) is 2. The van der Waals surface area contributed by atoms with Gasteiger partial charge in [-0.2, -0.15) is 0 Å². The van der Waals surface area contributed by atoms with E-state index in [1.165, 1.54) is 24.2 Å². The van der Waals surface area contributed by atoms with Crippen molar-refractivity contribution in [3.63, 3.8) is 0 Å². The summed E-state index contributed by atoms with van der Waals surface area (Å²) in [6, 6.07) is 2.28. The molecule has 3 rings (SSSR count). The molecule has 20 heavy (non-hydrogen) atoms. The summed E-state index contributed by atoms with van der Waals surface area (Å²) in [5.74, 6) is 0. The Kier molecular flexibility index (Phi) is 4.14. The zero-order valence-corrected chi connectivity index (χ0v) is 13.1. The van der Waals surface area contributed by atoms with Crippen molar-refractivity contribution in [2.75, 3.05) is 7.11 Å². The summed E-state index contributed by atoms with van der Waals surface area (Å²) in [5.41, 5.74) is 0. The molecule has 2 N–H and O–H groups in total. The molecule has 1 heterocycles. The summed E-state index contributed by atoms with van der Waals surface area (Å²) in [5, 5.41) is 5.21. The fourth-order valence-electron chi connectivity index (χ4n) is 2.36. The van der Waals surface area contributed by atoms with E-state index in [2.05, 4.69) is 10.0 Å². The van der Waals surface area contributed by atoms with Gasteiger partial charge >= 0.3 is 0 Å². The number of ether oxygens (including phenoxy) is 1. The van der Waals surface area contributed by atoms with Crippen molar-refractivity contribution < 1.29 is 13.2 Å². The van der Waals surface area contributed by atoms with Crippen LogP contribution in [0, 0.1) is 0 Å². The van der Waals surface area contributed by atoms with Crippen molar-refractivity contribution in [1.82, 2.24) is 10.0 Å². The predicted molar refractivity (Wildman–Crippen MR) is 78.3 cm³/mol. The Labute approximate surface area is 123 Å². The summed E-state index contributed by atoms with van der Waals surface area (Å²) in [6.07, 6.45) is 4.12. The summed E-state index contributed by atoms with van der Waals surface area (Å²) < 4.78 is 32.7. The second-order valence-corrected chi connectivity index (χ2v) is 8.19. The summed E-state index contributed by atoms with van der Waals surface area (Å²) in [4.78, 5) is 1.32. The van der Waals surface area contributed by atoms with Crippen LogP contribution >= 0.6 is 11.3 Å². The molecule has 2 aliphatic carbocycles. The molecule has 5 nitrogen and oxygen atoms in total. The topological polar surface area (TPSA) is 67.4 Å². The van der Waals surface area contributed by atoms with E-state index in [4.69, 9.17) is 4.74 Å². The molecular formula is C13H20N2O3S2. The normalized spacial score (nSPS) is 26.4. The second kappa shape index (κ2) is 5.73. The van der Waals surface area contributed by atoms with E-state index in [0.29, 0.717) is 17.5 Å². The van der Waals surface area contributed by atoms with Crippen LogP contribution in [0.1, 0.15) is 30.6 Å². The van der Waals surface area contributed by atoms with Crippen molar-refractivity contribution in [1.29, 1.82) is 0 Å². The highest BCUT2D eigenvalue weighted by Crippen LogP contribution is 2.28. The van der Waals surface area contributed by atoms with Gasteiger partial charge in [0, 0.05) is 30.6 Å². The molecule has 0 radical (unpaired) electrons. The Morgan fingerprint density at radius 3 is 2.75 bits per heavy atom. The lowest BCUT2D eigenvalue weighted by atomic mass is 9.90. The Bertz CT molecular complexity index is 560. The standard InChI is InChI=1S/C13H20N2O3S2/c1-18-11-6-10(7-11)15-20(16,17)13-4-5-19-12(13)8-14-9-2-3-9/h4-5,9-11,14-15H,2-3,6-8H2,1H3. The maximum Gasteiger partial charge on any atom is 0.241 e. The van der Waals surface area contributed by atoms with Crippen molar-refractivity contribution in [2.24, 2.45) is 0 Å². The molecule has 1 aromatic rings. The van der Waals surface area contributed by atoms with Gasteiger partial charge in [0.25, 0.3) is 0 Å². The number of rotatable bonds is 7. The van der Waals surface area contributed by atoms with Crippen LogP contribution in [0.25, 0.3) is 0 Å². The van der Waals surface area contributed by atoms with E-state index in [1.54, 1.807) is 13.2 Å². The van der Waals surface area contributed by atoms with E-state index >= 15 is 0 Å². The lowest BCUT2D eigenvalue weighted by Gasteiger charge is -2.34. The van der Waals surface area contributed by atoms with Gasteiger partial charge < -0.3 is 10.1 Å². The molecule has 7 heteroatoms. The van der Waals surface area contributed by atoms with E-state index < -0.39 is 10.0 Å². The highest BCUT2D eigenvalue weighted by molar-refractivity contribution is 7.89. The van der Waals surface area contributed by atoms with Gasteiger partial charge in [0.15, 0.2) is 0 Å². The van der Waals surface area contributed by atoms with Crippen LogP contribution in [0.2, 0.25) is 0 Å². The van der Waals surface area contributed by atoms with Crippen molar-refractivity contribution in [2.45, 2.75) is 55.3 Å². The Hall–Kier alpha value is -0.470. The average Bonchev–Trinajstić information content (AvgIpc) is 3.07. The smallest absolute Gasteiger partial charge is 0.241 e. The SMILES string of the molecule is COC1CC(NS(=O)(=O)c2ccsc2CNC2CC2)C1. The zero-order valence-electron chi connectivity index (χ0n) is 11.5. The summed E-state index contributed by atoms with van der Waals surface area (Å²) in [6.45, 7) is 0.643. The van der Waals surface area contributed by atoms with Crippen LogP contribution in [0.15, 0.2) is 16.3 Å². The monoisotopic (exact) mass is 316 g/mol. The van der Waals surface area contributed by atoms with Gasteiger partial charge in [-0.3, -0.25) is 0 Å². The lowest BCUT2D eigenvalue weighted by molar-refractivity contribution is 0.0236. The Balaban J connectivity index is 1.63. The van der Waals surface area contributed by atoms with Crippen LogP contribution in [0.5, 0.6) is 0 Å². The fourth-order valence-corrected chi connectivity index (χ4v) is 5.02. The molecule has 2 saturated carbocycles. The fraction of sp³-hybridized carbons (Fsp3) is 0.692. The molecule has 0 unspecified atom stereocenters. The van der Waals surface area contributed by atoms with Gasteiger partial charge in [0.05, 0.1) is 11.0 Å². The van der Waals surface area contributed by atoms with Gasteiger partial charge in [0.2, 0.25) is 10.0 Å². The third kappa shape index (κ3) is 3.23. The quantitative estimate of drug-likeness (QED) is 0.799. The molecular weight excluding hydrogens is 296 g/mol. The third-order valence-corrected chi connectivity index (χ3v) is 6.53. The lowest BCUT2D eigenvalue weighted by Crippen LogP contribution is -2.47. The number of thiophene rings is 1. The highest BCUT2D eigenvalue weighted by Gasteiger charge is 2.33.